The minimum atomic E-state index is -0.356. The van der Waals surface area contributed by atoms with Gasteiger partial charge >= 0.3 is 0 Å². The summed E-state index contributed by atoms with van der Waals surface area (Å²) >= 11 is 0. The van der Waals surface area contributed by atoms with Crippen LogP contribution in [0.1, 0.15) is 31.4 Å². The SMILES string of the molecule is Cc1[nH]c(C(N)C(C)C)nc1-c1ccc(F)cn1. The van der Waals surface area contributed by atoms with Crippen molar-refractivity contribution in [2.24, 2.45) is 11.7 Å². The van der Waals surface area contributed by atoms with E-state index in [4.69, 9.17) is 5.73 Å². The van der Waals surface area contributed by atoms with E-state index in [0.717, 1.165) is 17.2 Å². The number of pyridine rings is 1. The van der Waals surface area contributed by atoms with Gasteiger partial charge in [0, 0.05) is 5.69 Å². The third-order valence-electron chi connectivity index (χ3n) is 2.91. The summed E-state index contributed by atoms with van der Waals surface area (Å²) in [5.74, 6) is 0.680. The number of nitrogens with one attached hydrogen (secondary N) is 1. The smallest absolute Gasteiger partial charge is 0.141 e. The molecule has 5 heteroatoms. The number of H-pyrrole nitrogens is 1. The fourth-order valence-corrected chi connectivity index (χ4v) is 1.72. The molecule has 1 unspecified atom stereocenters. The molecule has 2 aromatic rings. The lowest BCUT2D eigenvalue weighted by Gasteiger charge is -2.11. The summed E-state index contributed by atoms with van der Waals surface area (Å²) in [7, 11) is 0. The van der Waals surface area contributed by atoms with Gasteiger partial charge in [-0.2, -0.15) is 0 Å². The van der Waals surface area contributed by atoms with Crippen molar-refractivity contribution in [3.05, 3.63) is 35.7 Å². The molecular formula is C13H17FN4. The van der Waals surface area contributed by atoms with Gasteiger partial charge in [0.1, 0.15) is 17.3 Å². The zero-order chi connectivity index (χ0) is 13.3. The van der Waals surface area contributed by atoms with Gasteiger partial charge in [0.15, 0.2) is 0 Å². The lowest BCUT2D eigenvalue weighted by molar-refractivity contribution is 0.494. The highest BCUT2D eigenvalue weighted by molar-refractivity contribution is 5.57. The van der Waals surface area contributed by atoms with E-state index in [1.165, 1.54) is 12.3 Å². The van der Waals surface area contributed by atoms with Crippen molar-refractivity contribution in [2.45, 2.75) is 26.8 Å². The molecule has 0 saturated carbocycles. The van der Waals surface area contributed by atoms with E-state index in [1.54, 1.807) is 6.07 Å². The van der Waals surface area contributed by atoms with Crippen LogP contribution in [0, 0.1) is 18.7 Å². The van der Waals surface area contributed by atoms with Gasteiger partial charge in [0.25, 0.3) is 0 Å². The van der Waals surface area contributed by atoms with Crippen molar-refractivity contribution >= 4 is 0 Å². The second kappa shape index (κ2) is 4.86. The lowest BCUT2D eigenvalue weighted by atomic mass is 10.1. The summed E-state index contributed by atoms with van der Waals surface area (Å²) in [6, 6.07) is 2.85. The van der Waals surface area contributed by atoms with Crippen LogP contribution in [-0.2, 0) is 0 Å². The van der Waals surface area contributed by atoms with E-state index >= 15 is 0 Å². The van der Waals surface area contributed by atoms with Crippen LogP contribution in [0.15, 0.2) is 18.3 Å². The van der Waals surface area contributed by atoms with Gasteiger partial charge < -0.3 is 10.7 Å². The Morgan fingerprint density at radius 3 is 2.61 bits per heavy atom. The van der Waals surface area contributed by atoms with E-state index < -0.39 is 0 Å². The van der Waals surface area contributed by atoms with Crippen LogP contribution in [0.25, 0.3) is 11.4 Å². The van der Waals surface area contributed by atoms with Crippen LogP contribution < -0.4 is 5.73 Å². The number of rotatable bonds is 3. The molecule has 18 heavy (non-hydrogen) atoms. The minimum absolute atomic E-state index is 0.141. The van der Waals surface area contributed by atoms with Crippen molar-refractivity contribution < 1.29 is 4.39 Å². The van der Waals surface area contributed by atoms with Gasteiger partial charge in [0.2, 0.25) is 0 Å². The van der Waals surface area contributed by atoms with Gasteiger partial charge in [-0.3, -0.25) is 4.98 Å². The maximum atomic E-state index is 12.8. The van der Waals surface area contributed by atoms with E-state index in [0.29, 0.717) is 11.6 Å². The van der Waals surface area contributed by atoms with E-state index in [1.807, 2.05) is 20.8 Å². The molecule has 4 nitrogen and oxygen atoms in total. The molecule has 0 amide bonds. The molecule has 0 aliphatic heterocycles. The minimum Gasteiger partial charge on any atom is -0.344 e. The zero-order valence-electron chi connectivity index (χ0n) is 10.7. The largest absolute Gasteiger partial charge is 0.344 e. The molecule has 0 spiro atoms. The number of hydrogen-bond acceptors (Lipinski definition) is 3. The van der Waals surface area contributed by atoms with Gasteiger partial charge in [-0.15, -0.1) is 0 Å². The van der Waals surface area contributed by atoms with E-state index in [-0.39, 0.29) is 11.9 Å². The topological polar surface area (TPSA) is 67.6 Å². The average Bonchev–Trinajstić information content (AvgIpc) is 2.71. The first kappa shape index (κ1) is 12.7. The maximum absolute atomic E-state index is 12.8. The normalized spacial score (nSPS) is 13.0. The second-order valence-corrected chi connectivity index (χ2v) is 4.73. The Morgan fingerprint density at radius 2 is 2.06 bits per heavy atom. The number of imidazole rings is 1. The third kappa shape index (κ3) is 2.41. The van der Waals surface area contributed by atoms with Gasteiger partial charge in [0.05, 0.1) is 17.9 Å². The molecular weight excluding hydrogens is 231 g/mol. The Bertz CT molecular complexity index is 530. The van der Waals surface area contributed by atoms with Crippen LogP contribution in [0.4, 0.5) is 4.39 Å². The molecule has 0 aromatic carbocycles. The average molecular weight is 248 g/mol. The Morgan fingerprint density at radius 1 is 1.33 bits per heavy atom. The summed E-state index contributed by atoms with van der Waals surface area (Å²) < 4.78 is 12.8. The Kier molecular flexibility index (Phi) is 3.43. The molecule has 0 aliphatic carbocycles. The Hall–Kier alpha value is -1.75. The highest BCUT2D eigenvalue weighted by Crippen LogP contribution is 2.23. The number of aryl methyl sites for hydroxylation is 1. The van der Waals surface area contributed by atoms with Crippen LogP contribution in [0.5, 0.6) is 0 Å². The van der Waals surface area contributed by atoms with Crippen molar-refractivity contribution in [3.8, 4) is 11.4 Å². The highest BCUT2D eigenvalue weighted by Gasteiger charge is 2.17. The first-order chi connectivity index (χ1) is 8.49. The predicted octanol–water partition coefficient (Wildman–Crippen LogP) is 2.58. The Balaban J connectivity index is 2.38. The zero-order valence-corrected chi connectivity index (χ0v) is 10.7. The number of nitrogens with two attached hydrogens (primary N) is 1. The highest BCUT2D eigenvalue weighted by atomic mass is 19.1. The number of nitrogens with zero attached hydrogens (tertiary/aromatic N) is 2. The quantitative estimate of drug-likeness (QED) is 0.877. The molecule has 2 heterocycles. The summed E-state index contributed by atoms with van der Waals surface area (Å²) in [6.07, 6.45) is 1.19. The number of halogens is 1. The monoisotopic (exact) mass is 248 g/mol. The molecule has 3 N–H and O–H groups in total. The lowest BCUT2D eigenvalue weighted by Crippen LogP contribution is -2.18. The summed E-state index contributed by atoms with van der Waals surface area (Å²) in [6.45, 7) is 5.99. The number of aromatic amines is 1. The molecule has 0 aliphatic rings. The van der Waals surface area contributed by atoms with Crippen molar-refractivity contribution in [1.82, 2.24) is 15.0 Å². The summed E-state index contributed by atoms with van der Waals surface area (Å²) in [5, 5.41) is 0. The fraction of sp³-hybridized carbons (Fsp3) is 0.385. The van der Waals surface area contributed by atoms with Crippen molar-refractivity contribution in [1.29, 1.82) is 0 Å². The predicted molar refractivity (Wildman–Crippen MR) is 68.3 cm³/mol. The third-order valence-corrected chi connectivity index (χ3v) is 2.91. The van der Waals surface area contributed by atoms with Gasteiger partial charge in [-0.1, -0.05) is 13.8 Å². The van der Waals surface area contributed by atoms with Gasteiger partial charge in [-0.25, -0.2) is 9.37 Å². The molecule has 0 radical (unpaired) electrons. The molecule has 1 atom stereocenters. The molecule has 2 rings (SSSR count). The second-order valence-electron chi connectivity index (χ2n) is 4.73. The molecule has 0 bridgehead atoms. The molecule has 96 valence electrons. The van der Waals surface area contributed by atoms with Crippen molar-refractivity contribution in [2.75, 3.05) is 0 Å². The summed E-state index contributed by atoms with van der Waals surface area (Å²) in [5.41, 5.74) is 8.31. The summed E-state index contributed by atoms with van der Waals surface area (Å²) in [4.78, 5) is 11.7. The number of hydrogen-bond donors (Lipinski definition) is 2. The van der Waals surface area contributed by atoms with E-state index in [9.17, 15) is 4.39 Å². The first-order valence-electron chi connectivity index (χ1n) is 5.93. The van der Waals surface area contributed by atoms with Crippen LogP contribution >= 0.6 is 0 Å². The van der Waals surface area contributed by atoms with Crippen LogP contribution in [-0.4, -0.2) is 15.0 Å². The Labute approximate surface area is 105 Å². The molecule has 0 fully saturated rings. The molecule has 0 saturated heterocycles. The van der Waals surface area contributed by atoms with Crippen LogP contribution in [0.3, 0.4) is 0 Å². The van der Waals surface area contributed by atoms with E-state index in [2.05, 4.69) is 15.0 Å². The van der Waals surface area contributed by atoms with Gasteiger partial charge in [-0.05, 0) is 25.0 Å². The van der Waals surface area contributed by atoms with Crippen molar-refractivity contribution in [3.63, 3.8) is 0 Å². The molecule has 2 aromatic heterocycles. The van der Waals surface area contributed by atoms with Crippen LogP contribution in [0.2, 0.25) is 0 Å². The number of aromatic nitrogens is 3. The first-order valence-corrected chi connectivity index (χ1v) is 5.93. The maximum Gasteiger partial charge on any atom is 0.141 e. The fourth-order valence-electron chi connectivity index (χ4n) is 1.72. The standard InChI is InChI=1S/C13H17FN4/c1-7(2)11(15)13-17-8(3)12(18-13)10-5-4-9(14)6-16-10/h4-7,11H,15H2,1-3H3,(H,17,18).